The van der Waals surface area contributed by atoms with Crippen LogP contribution in [0.25, 0.3) is 0 Å². The van der Waals surface area contributed by atoms with E-state index in [0.717, 1.165) is 24.3 Å². The Hall–Kier alpha value is -2.62. The van der Waals surface area contributed by atoms with Gasteiger partial charge in [0.15, 0.2) is 0 Å². The van der Waals surface area contributed by atoms with Crippen molar-refractivity contribution in [2.75, 3.05) is 16.8 Å². The summed E-state index contributed by atoms with van der Waals surface area (Å²) in [7, 11) is 0. The number of hydrogen-bond donors (Lipinski definition) is 1. The first-order valence-corrected chi connectivity index (χ1v) is 7.01. The first-order valence-electron chi connectivity index (χ1n) is 7.01. The van der Waals surface area contributed by atoms with Crippen LogP contribution < -0.4 is 10.2 Å². The van der Waals surface area contributed by atoms with Gasteiger partial charge in [-0.3, -0.25) is 9.59 Å². The van der Waals surface area contributed by atoms with E-state index in [2.05, 4.69) is 5.32 Å². The van der Waals surface area contributed by atoms with Crippen LogP contribution in [-0.4, -0.2) is 18.4 Å². The summed E-state index contributed by atoms with van der Waals surface area (Å²) in [6.07, 6.45) is 1.51. The Labute approximate surface area is 123 Å². The van der Waals surface area contributed by atoms with Gasteiger partial charge in [0.05, 0.1) is 0 Å². The fourth-order valence-corrected chi connectivity index (χ4v) is 2.44. The topological polar surface area (TPSA) is 49.4 Å². The predicted octanol–water partition coefficient (Wildman–Crippen LogP) is 3.07. The van der Waals surface area contributed by atoms with Gasteiger partial charge in [-0.1, -0.05) is 18.2 Å². The van der Waals surface area contributed by atoms with Crippen LogP contribution in [0.15, 0.2) is 54.6 Å². The summed E-state index contributed by atoms with van der Waals surface area (Å²) in [5.74, 6) is -0.00279. The number of carbonyl (C=O) groups is 2. The van der Waals surface area contributed by atoms with Crippen molar-refractivity contribution in [1.82, 2.24) is 0 Å². The molecule has 1 fully saturated rings. The average Bonchev–Trinajstić information content (AvgIpc) is 2.94. The summed E-state index contributed by atoms with van der Waals surface area (Å²) in [4.78, 5) is 25.6. The first-order chi connectivity index (χ1) is 10.2. The molecule has 0 aromatic heterocycles. The zero-order valence-electron chi connectivity index (χ0n) is 11.6. The van der Waals surface area contributed by atoms with Crippen LogP contribution in [0.4, 0.5) is 11.4 Å². The minimum Gasteiger partial charge on any atom is -0.322 e. The maximum Gasteiger partial charge on any atom is 0.255 e. The van der Waals surface area contributed by atoms with Gasteiger partial charge in [-0.05, 0) is 42.8 Å². The number of para-hydroxylation sites is 1. The van der Waals surface area contributed by atoms with Gasteiger partial charge in [0.1, 0.15) is 0 Å². The number of benzene rings is 2. The molecular weight excluding hydrogens is 264 g/mol. The minimum atomic E-state index is -0.152. The SMILES string of the molecule is O=C(Nc1ccccc1)c1ccc(N2CCCC2=O)cc1. The lowest BCUT2D eigenvalue weighted by Crippen LogP contribution is -2.23. The van der Waals surface area contributed by atoms with E-state index in [1.807, 2.05) is 42.5 Å². The molecule has 2 aromatic rings. The van der Waals surface area contributed by atoms with Crippen LogP contribution in [0.2, 0.25) is 0 Å². The zero-order chi connectivity index (χ0) is 14.7. The molecule has 2 amide bonds. The molecule has 3 rings (SSSR count). The number of anilines is 2. The summed E-state index contributed by atoms with van der Waals surface area (Å²) in [5.41, 5.74) is 2.20. The summed E-state index contributed by atoms with van der Waals surface area (Å²) in [6, 6.07) is 16.5. The van der Waals surface area contributed by atoms with E-state index < -0.39 is 0 Å². The molecule has 0 spiro atoms. The summed E-state index contributed by atoms with van der Waals surface area (Å²) in [5, 5.41) is 2.84. The molecular formula is C17H16N2O2. The molecule has 2 aromatic carbocycles. The molecule has 0 aliphatic carbocycles. The third-order valence-corrected chi connectivity index (χ3v) is 3.55. The molecule has 1 saturated heterocycles. The van der Waals surface area contributed by atoms with Crippen molar-refractivity contribution in [2.45, 2.75) is 12.8 Å². The van der Waals surface area contributed by atoms with E-state index in [0.29, 0.717) is 12.0 Å². The fraction of sp³-hybridized carbons (Fsp3) is 0.176. The second kappa shape index (κ2) is 5.79. The Balaban J connectivity index is 1.72. The summed E-state index contributed by atoms with van der Waals surface area (Å²) >= 11 is 0. The van der Waals surface area contributed by atoms with Gasteiger partial charge in [-0.2, -0.15) is 0 Å². The third kappa shape index (κ3) is 2.94. The number of hydrogen-bond acceptors (Lipinski definition) is 2. The summed E-state index contributed by atoms with van der Waals surface area (Å²) < 4.78 is 0. The van der Waals surface area contributed by atoms with Crippen LogP contribution in [0.1, 0.15) is 23.2 Å². The van der Waals surface area contributed by atoms with Crippen molar-refractivity contribution in [1.29, 1.82) is 0 Å². The molecule has 1 heterocycles. The van der Waals surface area contributed by atoms with E-state index >= 15 is 0 Å². The monoisotopic (exact) mass is 280 g/mol. The largest absolute Gasteiger partial charge is 0.322 e. The Morgan fingerprint density at radius 1 is 1.00 bits per heavy atom. The highest BCUT2D eigenvalue weighted by Gasteiger charge is 2.21. The molecule has 1 N–H and O–H groups in total. The van der Waals surface area contributed by atoms with Crippen molar-refractivity contribution < 1.29 is 9.59 Å². The van der Waals surface area contributed by atoms with Gasteiger partial charge in [-0.15, -0.1) is 0 Å². The molecule has 1 aliphatic rings. The number of amides is 2. The van der Waals surface area contributed by atoms with E-state index in [1.54, 1.807) is 17.0 Å². The Morgan fingerprint density at radius 2 is 1.71 bits per heavy atom. The molecule has 0 radical (unpaired) electrons. The van der Waals surface area contributed by atoms with Crippen molar-refractivity contribution in [3.63, 3.8) is 0 Å². The minimum absolute atomic E-state index is 0.150. The van der Waals surface area contributed by atoms with Gasteiger partial charge in [-0.25, -0.2) is 0 Å². The predicted molar refractivity (Wildman–Crippen MR) is 82.4 cm³/mol. The quantitative estimate of drug-likeness (QED) is 0.939. The number of nitrogens with one attached hydrogen (secondary N) is 1. The molecule has 4 nitrogen and oxygen atoms in total. The van der Waals surface area contributed by atoms with Crippen LogP contribution in [0.3, 0.4) is 0 Å². The maximum atomic E-state index is 12.1. The van der Waals surface area contributed by atoms with Crippen LogP contribution in [-0.2, 0) is 4.79 Å². The lowest BCUT2D eigenvalue weighted by atomic mass is 10.1. The second-order valence-corrected chi connectivity index (χ2v) is 5.02. The van der Waals surface area contributed by atoms with Crippen molar-refractivity contribution in [2.24, 2.45) is 0 Å². The number of nitrogens with zero attached hydrogens (tertiary/aromatic N) is 1. The Bertz CT molecular complexity index is 650. The highest BCUT2D eigenvalue weighted by molar-refractivity contribution is 6.04. The van der Waals surface area contributed by atoms with Gasteiger partial charge in [0, 0.05) is 29.9 Å². The van der Waals surface area contributed by atoms with Gasteiger partial charge >= 0.3 is 0 Å². The van der Waals surface area contributed by atoms with Gasteiger partial charge in [0.2, 0.25) is 5.91 Å². The van der Waals surface area contributed by atoms with E-state index in [4.69, 9.17) is 0 Å². The molecule has 106 valence electrons. The summed E-state index contributed by atoms with van der Waals surface area (Å²) in [6.45, 7) is 0.758. The first kappa shape index (κ1) is 13.4. The molecule has 0 saturated carbocycles. The highest BCUT2D eigenvalue weighted by atomic mass is 16.2. The molecule has 0 unspecified atom stereocenters. The lowest BCUT2D eigenvalue weighted by molar-refractivity contribution is -0.117. The Kier molecular flexibility index (Phi) is 3.69. The highest BCUT2D eigenvalue weighted by Crippen LogP contribution is 2.21. The van der Waals surface area contributed by atoms with E-state index in [1.165, 1.54) is 0 Å². The average molecular weight is 280 g/mol. The second-order valence-electron chi connectivity index (χ2n) is 5.02. The van der Waals surface area contributed by atoms with Gasteiger partial charge < -0.3 is 10.2 Å². The lowest BCUT2D eigenvalue weighted by Gasteiger charge is -2.15. The maximum absolute atomic E-state index is 12.1. The van der Waals surface area contributed by atoms with Crippen molar-refractivity contribution in [3.05, 3.63) is 60.2 Å². The number of carbonyl (C=O) groups excluding carboxylic acids is 2. The molecule has 0 atom stereocenters. The van der Waals surface area contributed by atoms with Crippen LogP contribution in [0, 0.1) is 0 Å². The smallest absolute Gasteiger partial charge is 0.255 e. The van der Waals surface area contributed by atoms with Crippen molar-refractivity contribution >= 4 is 23.2 Å². The zero-order valence-corrected chi connectivity index (χ0v) is 11.6. The standard InChI is InChI=1S/C17H16N2O2/c20-16-7-4-12-19(16)15-10-8-13(9-11-15)17(21)18-14-5-2-1-3-6-14/h1-3,5-6,8-11H,4,7,12H2,(H,18,21). The molecule has 4 heteroatoms. The van der Waals surface area contributed by atoms with Crippen molar-refractivity contribution in [3.8, 4) is 0 Å². The fourth-order valence-electron chi connectivity index (χ4n) is 2.44. The van der Waals surface area contributed by atoms with Crippen LogP contribution in [0.5, 0.6) is 0 Å². The van der Waals surface area contributed by atoms with Gasteiger partial charge in [0.25, 0.3) is 5.91 Å². The number of rotatable bonds is 3. The molecule has 21 heavy (non-hydrogen) atoms. The molecule has 0 bridgehead atoms. The van der Waals surface area contributed by atoms with Crippen LogP contribution >= 0.6 is 0 Å². The molecule has 1 aliphatic heterocycles. The Morgan fingerprint density at radius 3 is 2.33 bits per heavy atom. The van der Waals surface area contributed by atoms with E-state index in [9.17, 15) is 9.59 Å². The third-order valence-electron chi connectivity index (χ3n) is 3.55. The normalized spacial score (nSPS) is 14.3. The van der Waals surface area contributed by atoms with E-state index in [-0.39, 0.29) is 11.8 Å².